The van der Waals surface area contributed by atoms with Gasteiger partial charge in [0.05, 0.1) is 10.6 Å². The number of imidazole rings is 1. The number of nitrogens with one attached hydrogen (secondary N) is 1. The number of rotatable bonds is 4. The van der Waals surface area contributed by atoms with Crippen LogP contribution >= 0.6 is 23.2 Å². The molecule has 0 bridgehead atoms. The molecule has 0 aliphatic rings. The van der Waals surface area contributed by atoms with Gasteiger partial charge in [-0.1, -0.05) is 35.3 Å². The van der Waals surface area contributed by atoms with Crippen LogP contribution in [0.15, 0.2) is 48.9 Å². The van der Waals surface area contributed by atoms with E-state index in [1.165, 1.54) is 24.4 Å². The summed E-state index contributed by atoms with van der Waals surface area (Å²) < 4.78 is 15.0. The van der Waals surface area contributed by atoms with E-state index in [4.69, 9.17) is 23.2 Å². The van der Waals surface area contributed by atoms with Gasteiger partial charge in [0.15, 0.2) is 0 Å². The minimum absolute atomic E-state index is 0.123. The van der Waals surface area contributed by atoms with Gasteiger partial charge in [-0.15, -0.1) is 0 Å². The molecule has 0 radical (unpaired) electrons. The molecule has 0 saturated carbocycles. The average Bonchev–Trinajstić information content (AvgIpc) is 3.01. The Morgan fingerprint density at radius 3 is 2.56 bits per heavy atom. The molecule has 1 aromatic carbocycles. The zero-order chi connectivity index (χ0) is 18.0. The topological polar surface area (TPSA) is 59.8 Å². The number of pyridine rings is 1. The molecule has 1 unspecified atom stereocenters. The minimum Gasteiger partial charge on any atom is -0.338 e. The van der Waals surface area contributed by atoms with Crippen molar-refractivity contribution in [1.29, 1.82) is 0 Å². The third-order valence-corrected chi connectivity index (χ3v) is 4.34. The summed E-state index contributed by atoms with van der Waals surface area (Å²) in [5.74, 6) is -0.154. The molecular weight excluding hydrogens is 366 g/mol. The Morgan fingerprint density at radius 2 is 1.96 bits per heavy atom. The quantitative estimate of drug-likeness (QED) is 0.702. The monoisotopic (exact) mass is 378 g/mol. The van der Waals surface area contributed by atoms with E-state index >= 15 is 0 Å². The second-order valence-electron chi connectivity index (χ2n) is 5.35. The second-order valence-corrected chi connectivity index (χ2v) is 6.12. The van der Waals surface area contributed by atoms with E-state index in [0.717, 1.165) is 0 Å². The van der Waals surface area contributed by atoms with Gasteiger partial charge in [-0.2, -0.15) is 0 Å². The van der Waals surface area contributed by atoms with Crippen molar-refractivity contribution in [3.8, 4) is 0 Å². The van der Waals surface area contributed by atoms with Crippen molar-refractivity contribution in [3.63, 3.8) is 0 Å². The maximum Gasteiger partial charge on any atom is 0.253 e. The number of hydrogen-bond donors (Lipinski definition) is 1. The van der Waals surface area contributed by atoms with E-state index in [0.29, 0.717) is 11.4 Å². The molecule has 25 heavy (non-hydrogen) atoms. The summed E-state index contributed by atoms with van der Waals surface area (Å²) in [6.45, 7) is 0. The largest absolute Gasteiger partial charge is 0.338 e. The molecule has 5 nitrogen and oxygen atoms in total. The lowest BCUT2D eigenvalue weighted by molar-refractivity contribution is 0.0941. The highest BCUT2D eigenvalue weighted by molar-refractivity contribution is 6.41. The number of aromatic nitrogens is 3. The molecule has 1 amide bonds. The zero-order valence-corrected chi connectivity index (χ0v) is 14.6. The van der Waals surface area contributed by atoms with Crippen molar-refractivity contribution in [3.05, 3.63) is 81.9 Å². The Bertz CT molecular complexity index is 911. The molecule has 0 saturated heterocycles. The highest BCUT2D eigenvalue weighted by Gasteiger charge is 2.22. The summed E-state index contributed by atoms with van der Waals surface area (Å²) in [6, 6.07) is 6.73. The number of nitrogens with zero attached hydrogens (tertiary/aromatic N) is 3. The van der Waals surface area contributed by atoms with Crippen LogP contribution in [-0.4, -0.2) is 20.4 Å². The van der Waals surface area contributed by atoms with E-state index in [1.807, 2.05) is 7.05 Å². The van der Waals surface area contributed by atoms with Gasteiger partial charge in [-0.05, 0) is 23.8 Å². The Hall–Kier alpha value is -2.44. The molecule has 0 aliphatic carbocycles. The van der Waals surface area contributed by atoms with Crippen molar-refractivity contribution in [2.45, 2.75) is 6.04 Å². The summed E-state index contributed by atoms with van der Waals surface area (Å²) in [6.07, 6.45) is 4.72. The number of aryl methyl sites for hydroxylation is 1. The van der Waals surface area contributed by atoms with Crippen LogP contribution in [0.2, 0.25) is 10.2 Å². The molecule has 1 atom stereocenters. The van der Waals surface area contributed by atoms with Crippen molar-refractivity contribution in [2.75, 3.05) is 0 Å². The van der Waals surface area contributed by atoms with Crippen molar-refractivity contribution < 1.29 is 9.18 Å². The normalized spacial score (nSPS) is 12.0. The van der Waals surface area contributed by atoms with E-state index < -0.39 is 11.9 Å². The third-order valence-electron chi connectivity index (χ3n) is 3.65. The van der Waals surface area contributed by atoms with Crippen LogP contribution in [0, 0.1) is 5.82 Å². The smallest absolute Gasteiger partial charge is 0.253 e. The number of hydrogen-bond acceptors (Lipinski definition) is 3. The lowest BCUT2D eigenvalue weighted by Gasteiger charge is -2.19. The molecule has 8 heteroatoms. The fourth-order valence-corrected chi connectivity index (χ4v) is 2.64. The highest BCUT2D eigenvalue weighted by Crippen LogP contribution is 2.23. The minimum atomic E-state index is -0.567. The summed E-state index contributed by atoms with van der Waals surface area (Å²) in [5.41, 5.74) is 0.952. The van der Waals surface area contributed by atoms with Crippen LogP contribution in [0.5, 0.6) is 0 Å². The first-order valence-corrected chi connectivity index (χ1v) is 8.06. The molecule has 2 aromatic heterocycles. The van der Waals surface area contributed by atoms with E-state index in [2.05, 4.69) is 15.3 Å². The molecule has 0 spiro atoms. The van der Waals surface area contributed by atoms with Gasteiger partial charge in [0.2, 0.25) is 0 Å². The molecule has 0 aliphatic heterocycles. The SMILES string of the molecule is Cn1ccnc1C(NC(=O)c1cnc(Cl)c(Cl)c1)c1ccc(F)cc1. The highest BCUT2D eigenvalue weighted by atomic mass is 35.5. The second kappa shape index (κ2) is 7.21. The van der Waals surface area contributed by atoms with Crippen LogP contribution in [0.4, 0.5) is 4.39 Å². The van der Waals surface area contributed by atoms with Gasteiger partial charge in [0, 0.05) is 25.6 Å². The molecular formula is C17H13Cl2FN4O. The van der Waals surface area contributed by atoms with Gasteiger partial charge in [0.25, 0.3) is 5.91 Å². The number of amides is 1. The summed E-state index contributed by atoms with van der Waals surface area (Å²) in [5, 5.41) is 3.18. The van der Waals surface area contributed by atoms with Crippen LogP contribution < -0.4 is 5.32 Å². The lowest BCUT2D eigenvalue weighted by Crippen LogP contribution is -2.31. The van der Waals surface area contributed by atoms with Gasteiger partial charge in [-0.25, -0.2) is 14.4 Å². The maximum atomic E-state index is 13.2. The Kier molecular flexibility index (Phi) is 5.01. The first kappa shape index (κ1) is 17.4. The van der Waals surface area contributed by atoms with Gasteiger partial charge >= 0.3 is 0 Å². The van der Waals surface area contributed by atoms with Gasteiger partial charge < -0.3 is 9.88 Å². The van der Waals surface area contributed by atoms with E-state index in [9.17, 15) is 9.18 Å². The van der Waals surface area contributed by atoms with Crippen molar-refractivity contribution in [1.82, 2.24) is 19.9 Å². The van der Waals surface area contributed by atoms with E-state index in [-0.39, 0.29) is 21.6 Å². The number of carbonyl (C=O) groups is 1. The van der Waals surface area contributed by atoms with Crippen molar-refractivity contribution in [2.24, 2.45) is 7.05 Å². The fraction of sp³-hybridized carbons (Fsp3) is 0.118. The molecule has 128 valence electrons. The molecule has 3 rings (SSSR count). The average molecular weight is 379 g/mol. The zero-order valence-electron chi connectivity index (χ0n) is 13.1. The molecule has 2 heterocycles. The Balaban J connectivity index is 1.94. The summed E-state index contributed by atoms with van der Waals surface area (Å²) in [4.78, 5) is 20.8. The van der Waals surface area contributed by atoms with Gasteiger partial charge in [-0.3, -0.25) is 4.79 Å². The maximum absolute atomic E-state index is 13.2. The van der Waals surface area contributed by atoms with Crippen LogP contribution in [0.3, 0.4) is 0 Å². The molecule has 1 N–H and O–H groups in total. The fourth-order valence-electron chi connectivity index (χ4n) is 2.37. The number of halogens is 3. The van der Waals surface area contributed by atoms with Crippen LogP contribution in [0.25, 0.3) is 0 Å². The predicted molar refractivity (Wildman–Crippen MR) is 93.2 cm³/mol. The lowest BCUT2D eigenvalue weighted by atomic mass is 10.1. The van der Waals surface area contributed by atoms with Crippen molar-refractivity contribution >= 4 is 29.1 Å². The van der Waals surface area contributed by atoms with E-state index in [1.54, 1.807) is 29.1 Å². The first-order chi connectivity index (χ1) is 12.0. The van der Waals surface area contributed by atoms with Crippen LogP contribution in [-0.2, 0) is 7.05 Å². The predicted octanol–water partition coefficient (Wildman–Crippen LogP) is 3.78. The number of carbonyl (C=O) groups excluding carboxylic acids is 1. The van der Waals surface area contributed by atoms with Crippen LogP contribution in [0.1, 0.15) is 27.8 Å². The Morgan fingerprint density at radius 1 is 1.24 bits per heavy atom. The Labute approximate surface area is 153 Å². The first-order valence-electron chi connectivity index (χ1n) is 7.30. The van der Waals surface area contributed by atoms with Gasteiger partial charge in [0.1, 0.15) is 22.8 Å². The summed E-state index contributed by atoms with van der Waals surface area (Å²) >= 11 is 11.7. The molecule has 0 fully saturated rings. The molecule has 3 aromatic rings. The number of benzene rings is 1. The summed E-state index contributed by atoms with van der Waals surface area (Å²) in [7, 11) is 1.81. The third kappa shape index (κ3) is 3.81. The standard InChI is InChI=1S/C17H13Cl2FN4O/c1-24-7-6-21-16(24)14(10-2-4-12(20)5-3-10)23-17(25)11-8-13(18)15(19)22-9-11/h2-9,14H,1H3,(H,23,25).